The summed E-state index contributed by atoms with van der Waals surface area (Å²) >= 11 is 12.4. The number of likely N-dealkylation sites (N-methyl/N-ethyl adjacent to an activating group) is 2. The molecule has 2 atom stereocenters. The van der Waals surface area contributed by atoms with Crippen LogP contribution in [0.2, 0.25) is 10.0 Å². The molecule has 13 nitrogen and oxygen atoms in total. The Hall–Kier alpha value is -5.63. The minimum atomic E-state index is -0.819. The summed E-state index contributed by atoms with van der Waals surface area (Å²) in [5.74, 6) is -0.926. The predicted octanol–water partition coefficient (Wildman–Crippen LogP) is 6.88. The van der Waals surface area contributed by atoms with E-state index in [0.29, 0.717) is 44.7 Å². The molecule has 0 bridgehead atoms. The van der Waals surface area contributed by atoms with E-state index in [2.05, 4.69) is 21.3 Å². The Kier molecular flexibility index (Phi) is 19.1. The summed E-state index contributed by atoms with van der Waals surface area (Å²) in [6.07, 6.45) is 0.468. The van der Waals surface area contributed by atoms with Crippen molar-refractivity contribution in [2.45, 2.75) is 97.8 Å². The first kappa shape index (κ1) is 49.7. The molecular weight excluding hydrogens is 823 g/mol. The van der Waals surface area contributed by atoms with Gasteiger partial charge in [-0.1, -0.05) is 59.6 Å². The molecule has 5 N–H and O–H groups in total. The maximum Gasteiger partial charge on any atom is 0.338 e. The van der Waals surface area contributed by atoms with Crippen LogP contribution in [0, 0.1) is 0 Å². The fraction of sp³-hybridized carbons (Fsp3) is 0.370. The Balaban J connectivity index is 0.000000330. The molecule has 0 radical (unpaired) electrons. The molecule has 0 fully saturated rings. The van der Waals surface area contributed by atoms with Crippen LogP contribution < -0.4 is 30.7 Å². The molecule has 4 aromatic rings. The van der Waals surface area contributed by atoms with Crippen LogP contribution in [0.15, 0.2) is 84.9 Å². The standard InChI is InChI=1S/C25H31ClN2O5.C21H25ClN2O4/c1-15(2)32-21-12-11-18(14-19(21)26)22(29)28-20(23(30)27-6)13-16-7-9-17(10-8-16)24(31)33-25(3,4)5;1-13(2)28-19-9-8-16(11-17(19)22)20(26)24-18(21(27)23-3)10-14-4-6-15(12-25)7-5-14/h7-12,14-15,20H,13H2,1-6H3,(H,27,30)(H,28,29);4-9,11,13,18,25H,10,12H2,1-3H3,(H,23,27)(H,24,26)/t20-;18-/m00/s1. The zero-order valence-electron chi connectivity index (χ0n) is 36.0. The van der Waals surface area contributed by atoms with Gasteiger partial charge in [0.1, 0.15) is 29.2 Å². The first-order chi connectivity index (χ1) is 28.7. The molecule has 0 unspecified atom stereocenters. The number of carbonyl (C=O) groups excluding carboxylic acids is 5. The van der Waals surface area contributed by atoms with Gasteiger partial charge < -0.3 is 40.6 Å². The largest absolute Gasteiger partial charge is 0.489 e. The smallest absolute Gasteiger partial charge is 0.338 e. The number of nitrogens with one attached hydrogen (secondary N) is 4. The molecule has 0 heterocycles. The average Bonchev–Trinajstić information content (AvgIpc) is 3.20. The van der Waals surface area contributed by atoms with Gasteiger partial charge in [-0.3, -0.25) is 19.2 Å². The Bertz CT molecular complexity index is 2120. The highest BCUT2D eigenvalue weighted by Crippen LogP contribution is 2.28. The van der Waals surface area contributed by atoms with Gasteiger partial charge in [-0.15, -0.1) is 0 Å². The molecule has 4 rings (SSSR count). The number of carbonyl (C=O) groups is 5. The lowest BCUT2D eigenvalue weighted by molar-refractivity contribution is -0.123. The zero-order chi connectivity index (χ0) is 45.4. The number of hydrogen-bond acceptors (Lipinski definition) is 9. The molecule has 15 heteroatoms. The molecule has 0 saturated heterocycles. The van der Waals surface area contributed by atoms with E-state index in [4.69, 9.17) is 42.5 Å². The minimum Gasteiger partial charge on any atom is -0.489 e. The number of amides is 4. The summed E-state index contributed by atoms with van der Waals surface area (Å²) in [5.41, 5.74) is 2.89. The van der Waals surface area contributed by atoms with Gasteiger partial charge >= 0.3 is 5.97 Å². The van der Waals surface area contributed by atoms with Gasteiger partial charge in [-0.25, -0.2) is 4.79 Å². The van der Waals surface area contributed by atoms with E-state index < -0.39 is 35.5 Å². The minimum absolute atomic E-state index is 0.0352. The van der Waals surface area contributed by atoms with E-state index in [1.165, 1.54) is 26.2 Å². The van der Waals surface area contributed by atoms with Crippen LogP contribution in [0.5, 0.6) is 11.5 Å². The summed E-state index contributed by atoms with van der Waals surface area (Å²) in [4.78, 5) is 62.3. The van der Waals surface area contributed by atoms with Gasteiger partial charge in [0.25, 0.3) is 11.8 Å². The van der Waals surface area contributed by atoms with E-state index in [1.807, 2.05) is 39.8 Å². The Morgan fingerprint density at radius 2 is 0.951 bits per heavy atom. The van der Waals surface area contributed by atoms with Crippen molar-refractivity contribution in [2.75, 3.05) is 14.1 Å². The number of rotatable bonds is 16. The van der Waals surface area contributed by atoms with Crippen molar-refractivity contribution in [1.29, 1.82) is 0 Å². The number of aliphatic hydroxyl groups is 1. The van der Waals surface area contributed by atoms with Gasteiger partial charge in [-0.2, -0.15) is 0 Å². The number of ether oxygens (including phenoxy) is 3. The third-order valence-electron chi connectivity index (χ3n) is 8.52. The van der Waals surface area contributed by atoms with Crippen LogP contribution in [0.4, 0.5) is 0 Å². The lowest BCUT2D eigenvalue weighted by Gasteiger charge is -2.20. The molecule has 0 aliphatic heterocycles. The van der Waals surface area contributed by atoms with Crippen LogP contribution >= 0.6 is 23.2 Å². The predicted molar refractivity (Wildman–Crippen MR) is 236 cm³/mol. The van der Waals surface area contributed by atoms with Gasteiger partial charge in [0.2, 0.25) is 11.8 Å². The van der Waals surface area contributed by atoms with Crippen LogP contribution in [-0.4, -0.2) is 78.7 Å². The molecule has 0 saturated carbocycles. The zero-order valence-corrected chi connectivity index (χ0v) is 37.5. The second-order valence-corrected chi connectivity index (χ2v) is 16.3. The van der Waals surface area contributed by atoms with Crippen molar-refractivity contribution in [2.24, 2.45) is 0 Å². The molecular formula is C46H56Cl2N4O9. The van der Waals surface area contributed by atoms with Gasteiger partial charge in [0.15, 0.2) is 0 Å². The normalized spacial score (nSPS) is 12.0. The molecule has 328 valence electrons. The van der Waals surface area contributed by atoms with Crippen LogP contribution in [0.3, 0.4) is 0 Å². The van der Waals surface area contributed by atoms with E-state index >= 15 is 0 Å². The quantitative estimate of drug-likeness (QED) is 0.0751. The van der Waals surface area contributed by atoms with Gasteiger partial charge in [0, 0.05) is 38.1 Å². The molecule has 61 heavy (non-hydrogen) atoms. The second-order valence-electron chi connectivity index (χ2n) is 15.5. The van der Waals surface area contributed by atoms with Gasteiger partial charge in [-0.05, 0) is 114 Å². The van der Waals surface area contributed by atoms with Crippen molar-refractivity contribution in [3.8, 4) is 11.5 Å². The third kappa shape index (κ3) is 16.4. The van der Waals surface area contributed by atoms with E-state index in [1.54, 1.807) is 81.4 Å². The summed E-state index contributed by atoms with van der Waals surface area (Å²) in [7, 11) is 3.02. The number of halogens is 2. The fourth-order valence-electron chi connectivity index (χ4n) is 5.60. The fourth-order valence-corrected chi connectivity index (χ4v) is 6.05. The van der Waals surface area contributed by atoms with Crippen LogP contribution in [-0.2, 0) is 33.8 Å². The summed E-state index contributed by atoms with van der Waals surface area (Å²) < 4.78 is 16.5. The average molecular weight is 880 g/mol. The third-order valence-corrected chi connectivity index (χ3v) is 9.11. The Morgan fingerprint density at radius 3 is 1.28 bits per heavy atom. The lowest BCUT2D eigenvalue weighted by atomic mass is 10.0. The molecule has 0 aromatic heterocycles. The highest BCUT2D eigenvalue weighted by atomic mass is 35.5. The van der Waals surface area contributed by atoms with Crippen LogP contribution in [0.1, 0.15) is 96.2 Å². The Labute approximate surface area is 367 Å². The lowest BCUT2D eigenvalue weighted by Crippen LogP contribution is -2.47. The number of benzene rings is 4. The van der Waals surface area contributed by atoms with Crippen molar-refractivity contribution < 1.29 is 43.3 Å². The van der Waals surface area contributed by atoms with Crippen molar-refractivity contribution in [3.05, 3.63) is 128 Å². The number of aliphatic hydroxyl groups excluding tert-OH is 1. The van der Waals surface area contributed by atoms with Crippen LogP contribution in [0.25, 0.3) is 0 Å². The number of esters is 1. The first-order valence-corrected chi connectivity index (χ1v) is 20.5. The molecule has 0 aliphatic carbocycles. The highest BCUT2D eigenvalue weighted by Gasteiger charge is 2.24. The van der Waals surface area contributed by atoms with E-state index in [0.717, 1.165) is 16.7 Å². The first-order valence-electron chi connectivity index (χ1n) is 19.7. The maximum absolute atomic E-state index is 12.8. The number of hydrogen-bond donors (Lipinski definition) is 5. The second kappa shape index (κ2) is 23.4. The summed E-state index contributed by atoms with van der Waals surface area (Å²) in [5, 5.41) is 20.4. The van der Waals surface area contributed by atoms with Crippen molar-refractivity contribution >= 4 is 52.8 Å². The molecule has 4 amide bonds. The Morgan fingerprint density at radius 1 is 0.590 bits per heavy atom. The van der Waals surface area contributed by atoms with Crippen molar-refractivity contribution in [3.63, 3.8) is 0 Å². The monoisotopic (exact) mass is 878 g/mol. The van der Waals surface area contributed by atoms with Gasteiger partial charge in [0.05, 0.1) is 34.4 Å². The molecule has 0 spiro atoms. The maximum atomic E-state index is 12.8. The van der Waals surface area contributed by atoms with Crippen molar-refractivity contribution in [1.82, 2.24) is 21.3 Å². The SMILES string of the molecule is CNC(=O)[C@H](Cc1ccc(C(=O)OC(C)(C)C)cc1)NC(=O)c1ccc(OC(C)C)c(Cl)c1.CNC(=O)[C@H](Cc1ccc(CO)cc1)NC(=O)c1ccc(OC(C)C)c(Cl)c1. The molecule has 0 aliphatic rings. The summed E-state index contributed by atoms with van der Waals surface area (Å²) in [6.45, 7) is 12.9. The highest BCUT2D eigenvalue weighted by molar-refractivity contribution is 6.32. The van der Waals surface area contributed by atoms with E-state index in [9.17, 15) is 24.0 Å². The molecule has 4 aromatic carbocycles. The van der Waals surface area contributed by atoms with E-state index in [-0.39, 0.29) is 37.0 Å². The topological polar surface area (TPSA) is 181 Å². The summed E-state index contributed by atoms with van der Waals surface area (Å²) in [6, 6.07) is 21.9.